The zero-order chi connectivity index (χ0) is 6.85. The maximum absolute atomic E-state index is 3.05. The highest BCUT2D eigenvalue weighted by atomic mass is 15.1. The molecular formula is C7H12N2. The number of nitrogens with one attached hydrogen (secondary N) is 1. The lowest BCUT2D eigenvalue weighted by Gasteiger charge is -2.23. The molecule has 0 radical (unpaired) electrons. The predicted molar refractivity (Wildman–Crippen MR) is 38.4 cm³/mol. The van der Waals surface area contributed by atoms with Crippen molar-refractivity contribution in [2.24, 2.45) is 0 Å². The molecule has 0 amide bonds. The van der Waals surface area contributed by atoms with Gasteiger partial charge < -0.3 is 10.2 Å². The summed E-state index contributed by atoms with van der Waals surface area (Å²) in [6.45, 7) is 4.15. The fourth-order valence-corrected chi connectivity index (χ4v) is 0.755. The Morgan fingerprint density at radius 2 is 1.67 bits per heavy atom. The van der Waals surface area contributed by atoms with E-state index in [4.69, 9.17) is 0 Å². The van der Waals surface area contributed by atoms with E-state index in [9.17, 15) is 0 Å². The number of allylic oxidation sites excluding steroid dienone is 2. The summed E-state index contributed by atoms with van der Waals surface area (Å²) >= 11 is 0. The van der Waals surface area contributed by atoms with Crippen molar-refractivity contribution in [2.45, 2.75) is 13.8 Å². The lowest BCUT2D eigenvalue weighted by atomic mass is 10.3. The molecule has 0 fully saturated rings. The first-order valence-electron chi connectivity index (χ1n) is 3.05. The van der Waals surface area contributed by atoms with Crippen LogP contribution in [0.4, 0.5) is 0 Å². The largest absolute Gasteiger partial charge is 0.365 e. The van der Waals surface area contributed by atoms with Gasteiger partial charge in [0.1, 0.15) is 0 Å². The second-order valence-corrected chi connectivity index (χ2v) is 2.30. The molecule has 9 heavy (non-hydrogen) atoms. The van der Waals surface area contributed by atoms with Crippen LogP contribution in [-0.2, 0) is 0 Å². The summed E-state index contributed by atoms with van der Waals surface area (Å²) in [5.41, 5.74) is 2.49. The summed E-state index contributed by atoms with van der Waals surface area (Å²) < 4.78 is 0. The third kappa shape index (κ3) is 1.07. The van der Waals surface area contributed by atoms with Crippen LogP contribution in [0.1, 0.15) is 13.8 Å². The first-order chi connectivity index (χ1) is 4.22. The molecule has 0 aromatic carbocycles. The second kappa shape index (κ2) is 2.13. The lowest BCUT2D eigenvalue weighted by Crippen LogP contribution is -2.20. The number of hydrogen-bond acceptors (Lipinski definition) is 2. The van der Waals surface area contributed by atoms with Crippen molar-refractivity contribution in [3.05, 3.63) is 23.8 Å². The molecule has 0 saturated heterocycles. The minimum absolute atomic E-state index is 1.25. The van der Waals surface area contributed by atoms with Gasteiger partial charge in [0.05, 0.1) is 0 Å². The van der Waals surface area contributed by atoms with Gasteiger partial charge in [-0.25, -0.2) is 0 Å². The molecule has 1 aliphatic heterocycles. The Balaban J connectivity index is 2.74. The van der Waals surface area contributed by atoms with Gasteiger partial charge in [0.2, 0.25) is 0 Å². The van der Waals surface area contributed by atoms with E-state index < -0.39 is 0 Å². The highest BCUT2D eigenvalue weighted by molar-refractivity contribution is 5.13. The van der Waals surface area contributed by atoms with Crippen LogP contribution in [0.3, 0.4) is 0 Å². The van der Waals surface area contributed by atoms with Gasteiger partial charge in [0, 0.05) is 30.8 Å². The SMILES string of the molecule is CC1=CNC=C(C)N1C. The second-order valence-electron chi connectivity index (χ2n) is 2.30. The maximum Gasteiger partial charge on any atom is 0.0303 e. The molecular weight excluding hydrogens is 112 g/mol. The summed E-state index contributed by atoms with van der Waals surface area (Å²) in [4.78, 5) is 2.14. The molecule has 1 N–H and O–H groups in total. The molecule has 2 heteroatoms. The van der Waals surface area contributed by atoms with E-state index in [0.717, 1.165) is 0 Å². The summed E-state index contributed by atoms with van der Waals surface area (Å²) in [6.07, 6.45) is 3.96. The van der Waals surface area contributed by atoms with Crippen molar-refractivity contribution in [3.8, 4) is 0 Å². The minimum atomic E-state index is 1.25. The maximum atomic E-state index is 3.05. The Bertz CT molecular complexity index is 150. The van der Waals surface area contributed by atoms with Crippen molar-refractivity contribution >= 4 is 0 Å². The van der Waals surface area contributed by atoms with Crippen LogP contribution in [0, 0.1) is 0 Å². The van der Waals surface area contributed by atoms with Crippen LogP contribution in [0.25, 0.3) is 0 Å². The topological polar surface area (TPSA) is 15.3 Å². The molecule has 0 unspecified atom stereocenters. The van der Waals surface area contributed by atoms with Gasteiger partial charge in [-0.05, 0) is 13.8 Å². The highest BCUT2D eigenvalue weighted by Crippen LogP contribution is 2.10. The quantitative estimate of drug-likeness (QED) is 0.522. The summed E-state index contributed by atoms with van der Waals surface area (Å²) in [7, 11) is 2.05. The van der Waals surface area contributed by atoms with Gasteiger partial charge in [0.15, 0.2) is 0 Å². The number of rotatable bonds is 0. The zero-order valence-corrected chi connectivity index (χ0v) is 6.10. The fraction of sp³-hybridized carbons (Fsp3) is 0.429. The Morgan fingerprint density at radius 3 is 2.00 bits per heavy atom. The van der Waals surface area contributed by atoms with Gasteiger partial charge in [-0.3, -0.25) is 0 Å². The van der Waals surface area contributed by atoms with E-state index >= 15 is 0 Å². The van der Waals surface area contributed by atoms with Gasteiger partial charge in [-0.15, -0.1) is 0 Å². The monoisotopic (exact) mass is 124 g/mol. The van der Waals surface area contributed by atoms with Crippen molar-refractivity contribution < 1.29 is 0 Å². The summed E-state index contributed by atoms with van der Waals surface area (Å²) in [6, 6.07) is 0. The molecule has 1 rings (SSSR count). The first-order valence-corrected chi connectivity index (χ1v) is 3.05. The lowest BCUT2D eigenvalue weighted by molar-refractivity contribution is 0.502. The Morgan fingerprint density at radius 1 is 1.22 bits per heavy atom. The van der Waals surface area contributed by atoms with Crippen LogP contribution in [0.5, 0.6) is 0 Å². The van der Waals surface area contributed by atoms with Crippen molar-refractivity contribution in [2.75, 3.05) is 7.05 Å². The molecule has 0 saturated carbocycles. The average Bonchev–Trinajstić information content (AvgIpc) is 1.83. The van der Waals surface area contributed by atoms with E-state index in [0.29, 0.717) is 0 Å². The fourth-order valence-electron chi connectivity index (χ4n) is 0.755. The predicted octanol–water partition coefficient (Wildman–Crippen LogP) is 1.24. The summed E-state index contributed by atoms with van der Waals surface area (Å²) in [5.74, 6) is 0. The number of nitrogens with zero attached hydrogens (tertiary/aromatic N) is 1. The van der Waals surface area contributed by atoms with Crippen molar-refractivity contribution in [1.29, 1.82) is 0 Å². The Hall–Kier alpha value is -0.920. The molecule has 0 spiro atoms. The third-order valence-corrected chi connectivity index (χ3v) is 1.64. The summed E-state index contributed by atoms with van der Waals surface area (Å²) in [5, 5.41) is 3.05. The van der Waals surface area contributed by atoms with Gasteiger partial charge in [-0.2, -0.15) is 0 Å². The van der Waals surface area contributed by atoms with Crippen LogP contribution in [-0.4, -0.2) is 11.9 Å². The van der Waals surface area contributed by atoms with E-state index in [2.05, 4.69) is 31.1 Å². The van der Waals surface area contributed by atoms with Gasteiger partial charge in [-0.1, -0.05) is 0 Å². The molecule has 0 aromatic rings. The molecule has 0 bridgehead atoms. The van der Waals surface area contributed by atoms with E-state index in [-0.39, 0.29) is 0 Å². The van der Waals surface area contributed by atoms with Crippen molar-refractivity contribution in [3.63, 3.8) is 0 Å². The van der Waals surface area contributed by atoms with Crippen molar-refractivity contribution in [1.82, 2.24) is 10.2 Å². The standard InChI is InChI=1S/C7H12N2/c1-6-4-8-5-7(2)9(6)3/h4-5,8H,1-3H3. The molecule has 1 heterocycles. The van der Waals surface area contributed by atoms with Gasteiger partial charge >= 0.3 is 0 Å². The van der Waals surface area contributed by atoms with Crippen LogP contribution in [0.2, 0.25) is 0 Å². The van der Waals surface area contributed by atoms with Crippen LogP contribution in [0.15, 0.2) is 23.8 Å². The van der Waals surface area contributed by atoms with Gasteiger partial charge in [0.25, 0.3) is 0 Å². The molecule has 50 valence electrons. The highest BCUT2D eigenvalue weighted by Gasteiger charge is 2.02. The first kappa shape index (κ1) is 6.20. The third-order valence-electron chi connectivity index (χ3n) is 1.64. The van der Waals surface area contributed by atoms with E-state index in [1.165, 1.54) is 11.4 Å². The van der Waals surface area contributed by atoms with E-state index in [1.54, 1.807) is 0 Å². The Labute approximate surface area is 55.9 Å². The average molecular weight is 124 g/mol. The van der Waals surface area contributed by atoms with Crippen LogP contribution < -0.4 is 5.32 Å². The zero-order valence-electron chi connectivity index (χ0n) is 6.10. The van der Waals surface area contributed by atoms with Crippen LogP contribution >= 0.6 is 0 Å². The number of hydrogen-bond donors (Lipinski definition) is 1. The minimum Gasteiger partial charge on any atom is -0.365 e. The normalized spacial score (nSPS) is 18.3. The molecule has 0 aliphatic carbocycles. The molecule has 1 aliphatic rings. The smallest absolute Gasteiger partial charge is 0.0303 e. The Kier molecular flexibility index (Phi) is 1.47. The molecule has 0 aromatic heterocycles. The molecule has 0 atom stereocenters. The molecule has 2 nitrogen and oxygen atoms in total. The van der Waals surface area contributed by atoms with E-state index in [1.807, 2.05) is 12.4 Å².